The number of aliphatic hydroxyl groups excluding tert-OH is 1. The smallest absolute Gasteiger partial charge is 0.407 e. The lowest BCUT2D eigenvalue weighted by atomic mass is 9.88. The Morgan fingerprint density at radius 2 is 1.43 bits per heavy atom. The molecule has 218 valence electrons. The number of carbonyl (C=O) groups is 3. The largest absolute Gasteiger partial charge is 0.444 e. The summed E-state index contributed by atoms with van der Waals surface area (Å²) in [7, 11) is 0. The lowest BCUT2D eigenvalue weighted by Crippen LogP contribution is -2.50. The van der Waals surface area contributed by atoms with Crippen LogP contribution in [0, 0.1) is 11.8 Å². The number of carbonyl (C=O) groups excluding carboxylic acids is 3. The molecular weight excluding hydrogens is 510 g/mol. The first kappa shape index (κ1) is 32.3. The highest BCUT2D eigenvalue weighted by Gasteiger charge is 2.32. The van der Waals surface area contributed by atoms with Crippen molar-refractivity contribution in [2.75, 3.05) is 0 Å². The summed E-state index contributed by atoms with van der Waals surface area (Å²) in [6, 6.07) is 17.1. The molecule has 0 aliphatic rings. The van der Waals surface area contributed by atoms with Gasteiger partial charge < -0.3 is 31.9 Å². The molecule has 0 saturated carbocycles. The standard InChI is InChI=1S/C30H43N5O5/c1-19(2)25(27(38)35-28(31)32)34-26(37)22(16-20-12-8-6-9-13-20)18-24(36)23(17-21-14-10-7-11-15-21)33-29(39)40-30(3,4)5/h6-15,19,22-25,36H,16-18H2,1-5H3,(H,33,39)(H,34,37)(H4,31,32,35,38)/t22-,23+,24+,25+/m1/s1. The molecule has 0 aliphatic carbocycles. The number of hydrogen-bond donors (Lipinski definition) is 5. The lowest BCUT2D eigenvalue weighted by molar-refractivity contribution is -0.131. The van der Waals surface area contributed by atoms with Crippen LogP contribution in [0.15, 0.2) is 65.7 Å². The SMILES string of the molecule is CC(C)[C@H](NC(=O)[C@H](Cc1ccccc1)C[C@H](O)[C@H](Cc1ccccc1)NC(=O)OC(C)(C)C)C(=O)N=C(N)N. The van der Waals surface area contributed by atoms with Gasteiger partial charge in [0.15, 0.2) is 5.96 Å². The number of aliphatic imine (C=N–C) groups is 1. The molecule has 0 aliphatic heterocycles. The molecule has 10 heteroatoms. The Morgan fingerprint density at radius 3 is 1.90 bits per heavy atom. The van der Waals surface area contributed by atoms with E-state index in [0.717, 1.165) is 11.1 Å². The van der Waals surface area contributed by atoms with Gasteiger partial charge in [-0.3, -0.25) is 9.59 Å². The van der Waals surface area contributed by atoms with Gasteiger partial charge >= 0.3 is 6.09 Å². The molecule has 0 bridgehead atoms. The van der Waals surface area contributed by atoms with Crippen molar-refractivity contribution in [2.24, 2.45) is 28.3 Å². The average molecular weight is 554 g/mol. The molecule has 2 rings (SSSR count). The van der Waals surface area contributed by atoms with E-state index in [0.29, 0.717) is 12.8 Å². The molecule has 7 N–H and O–H groups in total. The van der Waals surface area contributed by atoms with Crippen LogP contribution in [0.4, 0.5) is 4.79 Å². The Hall–Kier alpha value is -3.92. The van der Waals surface area contributed by atoms with Gasteiger partial charge in [-0.1, -0.05) is 74.5 Å². The van der Waals surface area contributed by atoms with Crippen molar-refractivity contribution in [3.05, 3.63) is 71.8 Å². The molecule has 0 saturated heterocycles. The number of nitrogens with zero attached hydrogens (tertiary/aromatic N) is 1. The minimum Gasteiger partial charge on any atom is -0.444 e. The quantitative estimate of drug-likeness (QED) is 0.199. The molecule has 0 aromatic heterocycles. The summed E-state index contributed by atoms with van der Waals surface area (Å²) >= 11 is 0. The fourth-order valence-electron chi connectivity index (χ4n) is 4.23. The van der Waals surface area contributed by atoms with Crippen molar-refractivity contribution in [3.63, 3.8) is 0 Å². The topological polar surface area (TPSA) is 169 Å². The first-order valence-corrected chi connectivity index (χ1v) is 13.4. The Labute approximate surface area is 236 Å². The molecule has 10 nitrogen and oxygen atoms in total. The van der Waals surface area contributed by atoms with Crippen molar-refractivity contribution < 1.29 is 24.2 Å². The predicted octanol–water partition coefficient (Wildman–Crippen LogP) is 2.67. The van der Waals surface area contributed by atoms with Crippen LogP contribution in [0.3, 0.4) is 0 Å². The maximum atomic E-state index is 13.6. The Morgan fingerprint density at radius 1 is 0.900 bits per heavy atom. The molecule has 0 fully saturated rings. The number of alkyl carbamates (subject to hydrolysis) is 1. The van der Waals surface area contributed by atoms with E-state index in [-0.39, 0.29) is 12.3 Å². The Balaban J connectivity index is 2.33. The molecule has 2 aromatic carbocycles. The number of hydrogen-bond acceptors (Lipinski definition) is 5. The van der Waals surface area contributed by atoms with Gasteiger partial charge in [-0.05, 0) is 57.1 Å². The second-order valence-electron chi connectivity index (χ2n) is 11.2. The molecule has 0 radical (unpaired) electrons. The number of nitrogens with one attached hydrogen (secondary N) is 2. The summed E-state index contributed by atoms with van der Waals surface area (Å²) < 4.78 is 5.43. The number of benzene rings is 2. The summed E-state index contributed by atoms with van der Waals surface area (Å²) in [5.41, 5.74) is 11.8. The van der Waals surface area contributed by atoms with E-state index in [4.69, 9.17) is 16.2 Å². The molecule has 40 heavy (non-hydrogen) atoms. The molecular formula is C30H43N5O5. The number of guanidine groups is 1. The Kier molecular flexibility index (Phi) is 12.1. The van der Waals surface area contributed by atoms with Gasteiger partial charge in [0, 0.05) is 5.92 Å². The summed E-state index contributed by atoms with van der Waals surface area (Å²) in [6.45, 7) is 8.80. The van der Waals surface area contributed by atoms with E-state index in [1.165, 1.54) is 0 Å². The normalized spacial score (nSPS) is 14.4. The molecule has 0 unspecified atom stereocenters. The van der Waals surface area contributed by atoms with Crippen LogP contribution in [0.25, 0.3) is 0 Å². The van der Waals surface area contributed by atoms with Crippen LogP contribution in [-0.2, 0) is 27.2 Å². The van der Waals surface area contributed by atoms with Crippen LogP contribution in [-0.4, -0.2) is 52.8 Å². The molecule has 3 amide bonds. The van der Waals surface area contributed by atoms with Gasteiger partial charge in [-0.25, -0.2) is 4.79 Å². The summed E-state index contributed by atoms with van der Waals surface area (Å²) in [5.74, 6) is -2.50. The second kappa shape index (κ2) is 15.0. The van der Waals surface area contributed by atoms with Gasteiger partial charge in [0.1, 0.15) is 11.6 Å². The highest BCUT2D eigenvalue weighted by Crippen LogP contribution is 2.20. The highest BCUT2D eigenvalue weighted by molar-refractivity contribution is 5.96. The van der Waals surface area contributed by atoms with Crippen molar-refractivity contribution in [2.45, 2.75) is 77.7 Å². The van der Waals surface area contributed by atoms with Crippen LogP contribution >= 0.6 is 0 Å². The lowest BCUT2D eigenvalue weighted by Gasteiger charge is -2.30. The highest BCUT2D eigenvalue weighted by atomic mass is 16.6. The van der Waals surface area contributed by atoms with E-state index in [9.17, 15) is 19.5 Å². The third-order valence-electron chi connectivity index (χ3n) is 6.16. The minimum atomic E-state index is -1.11. The number of nitrogens with two attached hydrogens (primary N) is 2. The maximum Gasteiger partial charge on any atom is 0.407 e. The average Bonchev–Trinajstić information content (AvgIpc) is 2.85. The van der Waals surface area contributed by atoms with E-state index in [1.807, 2.05) is 60.7 Å². The van der Waals surface area contributed by atoms with Crippen LogP contribution in [0.5, 0.6) is 0 Å². The minimum absolute atomic E-state index is 0.00925. The number of ether oxygens (including phenoxy) is 1. The van der Waals surface area contributed by atoms with Crippen molar-refractivity contribution in [1.29, 1.82) is 0 Å². The number of amides is 3. The van der Waals surface area contributed by atoms with Gasteiger partial charge in [0.2, 0.25) is 5.91 Å². The maximum absolute atomic E-state index is 13.6. The molecule has 0 heterocycles. The first-order chi connectivity index (χ1) is 18.7. The van der Waals surface area contributed by atoms with E-state index in [2.05, 4.69) is 15.6 Å². The van der Waals surface area contributed by atoms with Crippen LogP contribution in [0.2, 0.25) is 0 Å². The van der Waals surface area contributed by atoms with Crippen LogP contribution < -0.4 is 22.1 Å². The van der Waals surface area contributed by atoms with Crippen molar-refractivity contribution >= 4 is 23.9 Å². The fraction of sp³-hybridized carbons (Fsp3) is 0.467. The van der Waals surface area contributed by atoms with Crippen molar-refractivity contribution in [1.82, 2.24) is 10.6 Å². The van der Waals surface area contributed by atoms with Crippen molar-refractivity contribution in [3.8, 4) is 0 Å². The van der Waals surface area contributed by atoms with Gasteiger partial charge in [-0.2, -0.15) is 4.99 Å². The first-order valence-electron chi connectivity index (χ1n) is 13.4. The zero-order valence-electron chi connectivity index (χ0n) is 24.0. The summed E-state index contributed by atoms with van der Waals surface area (Å²) in [6.07, 6.45) is -1.15. The van der Waals surface area contributed by atoms with E-state index < -0.39 is 53.6 Å². The molecule has 4 atom stereocenters. The van der Waals surface area contributed by atoms with E-state index >= 15 is 0 Å². The van der Waals surface area contributed by atoms with Gasteiger partial charge in [0.25, 0.3) is 5.91 Å². The third kappa shape index (κ3) is 11.4. The van der Waals surface area contributed by atoms with Gasteiger partial charge in [0.05, 0.1) is 12.1 Å². The number of rotatable bonds is 12. The zero-order chi connectivity index (χ0) is 29.9. The molecule has 2 aromatic rings. The second-order valence-corrected chi connectivity index (χ2v) is 11.2. The monoisotopic (exact) mass is 553 g/mol. The number of aliphatic hydroxyl groups is 1. The Bertz CT molecular complexity index is 1130. The predicted molar refractivity (Wildman–Crippen MR) is 155 cm³/mol. The van der Waals surface area contributed by atoms with Gasteiger partial charge in [-0.15, -0.1) is 0 Å². The fourth-order valence-corrected chi connectivity index (χ4v) is 4.23. The van der Waals surface area contributed by atoms with E-state index in [1.54, 1.807) is 34.6 Å². The zero-order valence-corrected chi connectivity index (χ0v) is 24.0. The summed E-state index contributed by atoms with van der Waals surface area (Å²) in [4.78, 5) is 42.5. The third-order valence-corrected chi connectivity index (χ3v) is 6.16. The molecule has 0 spiro atoms. The van der Waals surface area contributed by atoms with Crippen LogP contribution in [0.1, 0.15) is 52.2 Å². The summed E-state index contributed by atoms with van der Waals surface area (Å²) in [5, 5.41) is 17.0.